The van der Waals surface area contributed by atoms with E-state index in [0.29, 0.717) is 23.5 Å². The molecule has 0 spiro atoms. The molecule has 2 aromatic rings. The van der Waals surface area contributed by atoms with Crippen molar-refractivity contribution >= 4 is 23.1 Å². The minimum atomic E-state index is -0.841. The minimum absolute atomic E-state index is 0.00614. The molecule has 2 aliphatic rings. The lowest BCUT2D eigenvalue weighted by atomic mass is 9.75. The van der Waals surface area contributed by atoms with Crippen LogP contribution in [0.2, 0.25) is 0 Å². The van der Waals surface area contributed by atoms with Crippen molar-refractivity contribution in [1.82, 2.24) is 0 Å². The van der Waals surface area contributed by atoms with E-state index in [1.807, 2.05) is 63.2 Å². The van der Waals surface area contributed by atoms with Gasteiger partial charge in [-0.15, -0.1) is 0 Å². The Bertz CT molecular complexity index is 1110. The predicted octanol–water partition coefficient (Wildman–Crippen LogP) is 4.71. The van der Waals surface area contributed by atoms with E-state index < -0.39 is 17.9 Å². The van der Waals surface area contributed by atoms with Gasteiger partial charge >= 0.3 is 5.97 Å². The SMILES string of the molecule is COC(=O)[C@@H]1C(=O)C2=C(C[C@H]1C)Nc1ccccc1N[C@@H]2c1ccc(OC(C)C)c(OC)c1. The second kappa shape index (κ2) is 9.17. The first-order valence-corrected chi connectivity index (χ1v) is 11.2. The summed E-state index contributed by atoms with van der Waals surface area (Å²) in [5.74, 6) is -0.539. The zero-order valence-corrected chi connectivity index (χ0v) is 19.6. The molecule has 4 rings (SSSR count). The Morgan fingerprint density at radius 2 is 1.79 bits per heavy atom. The van der Waals surface area contributed by atoms with Crippen LogP contribution in [0.15, 0.2) is 53.7 Å². The van der Waals surface area contributed by atoms with Gasteiger partial charge in [-0.3, -0.25) is 9.59 Å². The van der Waals surface area contributed by atoms with Gasteiger partial charge in [0.25, 0.3) is 0 Å². The van der Waals surface area contributed by atoms with Crippen molar-refractivity contribution in [1.29, 1.82) is 0 Å². The smallest absolute Gasteiger partial charge is 0.316 e. The molecule has 1 aliphatic heterocycles. The number of methoxy groups -OCH3 is 2. The zero-order valence-electron chi connectivity index (χ0n) is 19.6. The van der Waals surface area contributed by atoms with Gasteiger partial charge in [-0.1, -0.05) is 25.1 Å². The highest BCUT2D eigenvalue weighted by atomic mass is 16.5. The summed E-state index contributed by atoms with van der Waals surface area (Å²) >= 11 is 0. The van der Waals surface area contributed by atoms with Crippen molar-refractivity contribution in [3.8, 4) is 11.5 Å². The van der Waals surface area contributed by atoms with Crippen LogP contribution in [0.4, 0.5) is 11.4 Å². The van der Waals surface area contributed by atoms with Gasteiger partial charge in [0.05, 0.1) is 37.7 Å². The van der Waals surface area contributed by atoms with Crippen LogP contribution in [-0.2, 0) is 14.3 Å². The van der Waals surface area contributed by atoms with Crippen LogP contribution in [0, 0.1) is 11.8 Å². The molecule has 0 saturated carbocycles. The summed E-state index contributed by atoms with van der Waals surface area (Å²) < 4.78 is 16.4. The Balaban J connectivity index is 1.85. The molecule has 0 unspecified atom stereocenters. The molecule has 0 amide bonds. The Morgan fingerprint density at radius 3 is 2.45 bits per heavy atom. The summed E-state index contributed by atoms with van der Waals surface area (Å²) in [4.78, 5) is 26.2. The number of rotatable bonds is 5. The normalized spacial score (nSPS) is 21.9. The monoisotopic (exact) mass is 450 g/mol. The van der Waals surface area contributed by atoms with Gasteiger partial charge in [0.1, 0.15) is 5.92 Å². The number of anilines is 2. The van der Waals surface area contributed by atoms with Crippen molar-refractivity contribution in [3.63, 3.8) is 0 Å². The molecule has 0 aromatic heterocycles. The van der Waals surface area contributed by atoms with Gasteiger partial charge in [-0.25, -0.2) is 0 Å². The van der Waals surface area contributed by atoms with Crippen LogP contribution < -0.4 is 20.1 Å². The Labute approximate surface area is 194 Å². The van der Waals surface area contributed by atoms with E-state index in [4.69, 9.17) is 14.2 Å². The van der Waals surface area contributed by atoms with E-state index in [1.165, 1.54) is 7.11 Å². The molecule has 174 valence electrons. The number of nitrogens with one attached hydrogen (secondary N) is 2. The Morgan fingerprint density at radius 1 is 1.06 bits per heavy atom. The molecule has 2 aromatic carbocycles. The van der Waals surface area contributed by atoms with Gasteiger partial charge in [-0.2, -0.15) is 0 Å². The lowest BCUT2D eigenvalue weighted by Gasteiger charge is -2.32. The fraction of sp³-hybridized carbons (Fsp3) is 0.385. The molecule has 1 heterocycles. The minimum Gasteiger partial charge on any atom is -0.493 e. The van der Waals surface area contributed by atoms with Gasteiger partial charge in [0.15, 0.2) is 17.3 Å². The first-order chi connectivity index (χ1) is 15.8. The second-order valence-electron chi connectivity index (χ2n) is 8.76. The molecule has 3 atom stereocenters. The van der Waals surface area contributed by atoms with E-state index in [0.717, 1.165) is 22.6 Å². The number of esters is 1. The average molecular weight is 451 g/mol. The number of ether oxygens (including phenoxy) is 3. The second-order valence-corrected chi connectivity index (χ2v) is 8.76. The number of fused-ring (bicyclic) bond motifs is 1. The number of para-hydroxylation sites is 2. The molecular weight excluding hydrogens is 420 g/mol. The summed E-state index contributed by atoms with van der Waals surface area (Å²) in [5.41, 5.74) is 3.94. The number of carbonyl (C=O) groups is 2. The van der Waals surface area contributed by atoms with E-state index >= 15 is 0 Å². The lowest BCUT2D eigenvalue weighted by Crippen LogP contribution is -2.39. The van der Waals surface area contributed by atoms with Crippen LogP contribution in [0.25, 0.3) is 0 Å². The third-order valence-corrected chi connectivity index (χ3v) is 6.11. The third-order valence-electron chi connectivity index (χ3n) is 6.11. The average Bonchev–Trinajstić information content (AvgIpc) is 2.95. The Kier molecular flexibility index (Phi) is 6.31. The number of hydrogen-bond acceptors (Lipinski definition) is 7. The van der Waals surface area contributed by atoms with E-state index in [9.17, 15) is 9.59 Å². The molecule has 1 aliphatic carbocycles. The number of carbonyl (C=O) groups excluding carboxylic acids is 2. The number of hydrogen-bond donors (Lipinski definition) is 2. The molecule has 33 heavy (non-hydrogen) atoms. The van der Waals surface area contributed by atoms with E-state index in [1.54, 1.807) is 7.11 Å². The van der Waals surface area contributed by atoms with Crippen molar-refractivity contribution in [2.45, 2.75) is 39.3 Å². The number of allylic oxidation sites excluding steroid dienone is 1. The van der Waals surface area contributed by atoms with Crippen molar-refractivity contribution in [3.05, 3.63) is 59.3 Å². The highest BCUT2D eigenvalue weighted by Crippen LogP contribution is 2.45. The molecule has 7 nitrogen and oxygen atoms in total. The molecule has 0 radical (unpaired) electrons. The van der Waals surface area contributed by atoms with Crippen LogP contribution in [0.1, 0.15) is 38.8 Å². The molecule has 7 heteroatoms. The molecular formula is C26H30N2O5. The van der Waals surface area contributed by atoms with Gasteiger partial charge in [0.2, 0.25) is 0 Å². The fourth-order valence-corrected chi connectivity index (χ4v) is 4.60. The van der Waals surface area contributed by atoms with Crippen LogP contribution in [0.5, 0.6) is 11.5 Å². The first kappa shape index (κ1) is 22.7. The first-order valence-electron chi connectivity index (χ1n) is 11.2. The maximum Gasteiger partial charge on any atom is 0.316 e. The number of Topliss-reactive ketones (excluding diaryl/α,β-unsaturated/α-hetero) is 1. The summed E-state index contributed by atoms with van der Waals surface area (Å²) in [5, 5.41) is 6.97. The van der Waals surface area contributed by atoms with Crippen molar-refractivity contribution < 1.29 is 23.8 Å². The maximum absolute atomic E-state index is 13.7. The summed E-state index contributed by atoms with van der Waals surface area (Å²) in [6, 6.07) is 13.0. The van der Waals surface area contributed by atoms with Crippen LogP contribution in [-0.4, -0.2) is 32.1 Å². The largest absolute Gasteiger partial charge is 0.493 e. The topological polar surface area (TPSA) is 85.9 Å². The highest BCUT2D eigenvalue weighted by molar-refractivity contribution is 6.11. The quantitative estimate of drug-likeness (QED) is 0.504. The highest BCUT2D eigenvalue weighted by Gasteiger charge is 2.44. The fourth-order valence-electron chi connectivity index (χ4n) is 4.60. The summed E-state index contributed by atoms with van der Waals surface area (Å²) in [6.07, 6.45) is 0.548. The molecule has 2 N–H and O–H groups in total. The number of benzene rings is 2. The van der Waals surface area contributed by atoms with Crippen molar-refractivity contribution in [2.75, 3.05) is 24.9 Å². The summed E-state index contributed by atoms with van der Waals surface area (Å²) in [7, 11) is 2.91. The molecule has 0 saturated heterocycles. The predicted molar refractivity (Wildman–Crippen MR) is 127 cm³/mol. The van der Waals surface area contributed by atoms with E-state index in [-0.39, 0.29) is 17.8 Å². The van der Waals surface area contributed by atoms with Crippen LogP contribution >= 0.6 is 0 Å². The van der Waals surface area contributed by atoms with Crippen LogP contribution in [0.3, 0.4) is 0 Å². The number of ketones is 1. The Hall–Kier alpha value is -3.48. The van der Waals surface area contributed by atoms with Gasteiger partial charge < -0.3 is 24.8 Å². The third kappa shape index (κ3) is 4.27. The standard InChI is InChI=1S/C26H30N2O5/c1-14(2)33-20-11-10-16(13-21(20)31-4)24-23-19(27-17-8-6-7-9-18(17)28-24)12-15(3)22(25(23)29)26(30)32-5/h6-11,13-15,22,24,27-28H,12H2,1-5H3/t15-,22+,24-/m1/s1. The molecule has 0 fully saturated rings. The molecule has 0 bridgehead atoms. The summed E-state index contributed by atoms with van der Waals surface area (Å²) in [6.45, 7) is 5.81. The zero-order chi connectivity index (χ0) is 23.7. The van der Waals surface area contributed by atoms with Gasteiger partial charge in [-0.05, 0) is 56.0 Å². The maximum atomic E-state index is 13.7. The van der Waals surface area contributed by atoms with Crippen molar-refractivity contribution in [2.24, 2.45) is 11.8 Å². The van der Waals surface area contributed by atoms with Gasteiger partial charge in [0, 0.05) is 11.3 Å². The lowest BCUT2D eigenvalue weighted by molar-refractivity contribution is -0.151. The van der Waals surface area contributed by atoms with E-state index in [2.05, 4.69) is 10.6 Å².